The number of aromatic nitrogens is 3. The number of carbonyl (C=O) groups excluding carboxylic acids is 2. The molecule has 32 heavy (non-hydrogen) atoms. The first-order valence-electron chi connectivity index (χ1n) is 10.1. The fourth-order valence-electron chi connectivity index (χ4n) is 3.29. The van der Waals surface area contributed by atoms with Crippen molar-refractivity contribution >= 4 is 51.6 Å². The number of nitrogens with one attached hydrogen (secondary N) is 2. The van der Waals surface area contributed by atoms with Crippen molar-refractivity contribution in [2.24, 2.45) is 0 Å². The van der Waals surface area contributed by atoms with Gasteiger partial charge in [0.05, 0.1) is 17.9 Å². The number of nitrogens with zero attached hydrogens (tertiary/aromatic N) is 2. The number of thioether (sulfide) groups is 1. The van der Waals surface area contributed by atoms with Crippen LogP contribution >= 0.6 is 34.7 Å². The molecule has 0 atom stereocenters. The summed E-state index contributed by atoms with van der Waals surface area (Å²) < 4.78 is 10.8. The summed E-state index contributed by atoms with van der Waals surface area (Å²) in [4.78, 5) is 30.4. The molecule has 0 unspecified atom stereocenters. The molecular weight excluding hydrogens is 472 g/mol. The summed E-state index contributed by atoms with van der Waals surface area (Å²) in [6, 6.07) is 7.02. The Bertz CT molecular complexity index is 1110. The number of rotatable bonds is 9. The molecular formula is C21H21ClN4O4S2. The number of halogens is 1. The molecule has 0 radical (unpaired) electrons. The minimum Gasteiger partial charge on any atom is -0.486 e. The third-order valence-electron chi connectivity index (χ3n) is 4.69. The zero-order chi connectivity index (χ0) is 22.5. The maximum absolute atomic E-state index is 12.5. The van der Waals surface area contributed by atoms with E-state index in [1.54, 1.807) is 31.2 Å². The molecule has 2 aromatic heterocycles. The van der Waals surface area contributed by atoms with Crippen LogP contribution in [0.2, 0.25) is 5.02 Å². The molecule has 0 aliphatic heterocycles. The molecule has 2 heterocycles. The van der Waals surface area contributed by atoms with Crippen molar-refractivity contribution < 1.29 is 19.1 Å². The quantitative estimate of drug-likeness (QED) is 0.334. The van der Waals surface area contributed by atoms with Crippen LogP contribution < -0.4 is 10.1 Å². The van der Waals surface area contributed by atoms with Crippen LogP contribution in [-0.2, 0) is 29.0 Å². The van der Waals surface area contributed by atoms with Gasteiger partial charge >= 0.3 is 5.97 Å². The first-order valence-corrected chi connectivity index (χ1v) is 12.3. The summed E-state index contributed by atoms with van der Waals surface area (Å²) in [6.07, 6.45) is 2.78. The van der Waals surface area contributed by atoms with Crippen LogP contribution in [0.25, 0.3) is 0 Å². The van der Waals surface area contributed by atoms with E-state index in [2.05, 4.69) is 20.5 Å². The molecule has 2 N–H and O–H groups in total. The second kappa shape index (κ2) is 10.4. The summed E-state index contributed by atoms with van der Waals surface area (Å²) in [6.45, 7) is 2.28. The molecule has 11 heteroatoms. The summed E-state index contributed by atoms with van der Waals surface area (Å²) >= 11 is 8.51. The van der Waals surface area contributed by atoms with E-state index in [0.29, 0.717) is 38.9 Å². The fourth-order valence-corrected chi connectivity index (χ4v) is 5.33. The minimum absolute atomic E-state index is 0.111. The van der Waals surface area contributed by atoms with Gasteiger partial charge in [-0.1, -0.05) is 23.4 Å². The van der Waals surface area contributed by atoms with Gasteiger partial charge in [0.15, 0.2) is 5.82 Å². The number of hydrogen-bond donors (Lipinski definition) is 2. The molecule has 0 saturated heterocycles. The van der Waals surface area contributed by atoms with E-state index in [1.165, 1.54) is 23.1 Å². The van der Waals surface area contributed by atoms with Gasteiger partial charge in [-0.05, 0) is 56.0 Å². The zero-order valence-corrected chi connectivity index (χ0v) is 19.7. The smallest absolute Gasteiger partial charge is 0.341 e. The first kappa shape index (κ1) is 22.6. The van der Waals surface area contributed by atoms with Gasteiger partial charge in [0, 0.05) is 9.90 Å². The SMILES string of the molecule is CCOC(=O)c1c(NC(=O)CSc2n[nH]c(COc3ccc(Cl)cc3)n2)sc2c1CCC2. The second-order valence-corrected chi connectivity index (χ2v) is 9.41. The van der Waals surface area contributed by atoms with E-state index in [-0.39, 0.29) is 24.2 Å². The standard InChI is InChI=1S/C21H21ClN4O4S2/c1-2-29-20(28)18-14-4-3-5-15(14)32-19(18)24-17(27)11-31-21-23-16(25-26-21)10-30-13-8-6-12(22)7-9-13/h6-9H,2-5,10-11H2,1H3,(H,24,27)(H,23,25,26). The van der Waals surface area contributed by atoms with Crippen molar-refractivity contribution in [3.8, 4) is 5.75 Å². The third kappa shape index (κ3) is 5.43. The van der Waals surface area contributed by atoms with Crippen LogP contribution in [0.3, 0.4) is 0 Å². The number of carbonyl (C=O) groups is 2. The summed E-state index contributed by atoms with van der Waals surface area (Å²) in [7, 11) is 0. The van der Waals surface area contributed by atoms with E-state index >= 15 is 0 Å². The number of anilines is 1. The van der Waals surface area contributed by atoms with Crippen molar-refractivity contribution in [3.63, 3.8) is 0 Å². The lowest BCUT2D eigenvalue weighted by atomic mass is 10.1. The molecule has 168 valence electrons. The summed E-state index contributed by atoms with van der Waals surface area (Å²) in [5.41, 5.74) is 1.51. The number of hydrogen-bond acceptors (Lipinski definition) is 8. The largest absolute Gasteiger partial charge is 0.486 e. The van der Waals surface area contributed by atoms with E-state index in [9.17, 15) is 9.59 Å². The van der Waals surface area contributed by atoms with E-state index in [1.807, 2.05) is 0 Å². The van der Waals surface area contributed by atoms with E-state index in [0.717, 1.165) is 29.7 Å². The highest BCUT2D eigenvalue weighted by Gasteiger charge is 2.28. The number of thiophene rings is 1. The van der Waals surface area contributed by atoms with E-state index < -0.39 is 0 Å². The van der Waals surface area contributed by atoms with E-state index in [4.69, 9.17) is 21.1 Å². The molecule has 0 bridgehead atoms. The Kier molecular flexibility index (Phi) is 7.33. The monoisotopic (exact) mass is 492 g/mol. The first-order chi connectivity index (χ1) is 15.5. The number of aromatic amines is 1. The molecule has 0 fully saturated rings. The number of amides is 1. The molecule has 0 spiro atoms. The molecule has 0 saturated carbocycles. The maximum Gasteiger partial charge on any atom is 0.341 e. The van der Waals surface area contributed by atoms with Crippen LogP contribution in [0.1, 0.15) is 40.0 Å². The van der Waals surface area contributed by atoms with Crippen molar-refractivity contribution in [1.82, 2.24) is 15.2 Å². The van der Waals surface area contributed by atoms with Crippen molar-refractivity contribution in [2.45, 2.75) is 37.9 Å². The molecule has 1 aliphatic rings. The van der Waals surface area contributed by atoms with Gasteiger partial charge in [-0.15, -0.1) is 16.4 Å². The van der Waals surface area contributed by atoms with Gasteiger partial charge < -0.3 is 14.8 Å². The Morgan fingerprint density at radius 1 is 1.28 bits per heavy atom. The highest BCUT2D eigenvalue weighted by atomic mass is 35.5. The van der Waals surface area contributed by atoms with Crippen LogP contribution in [0.15, 0.2) is 29.4 Å². The van der Waals surface area contributed by atoms with Gasteiger partial charge in [0.1, 0.15) is 17.4 Å². The number of ether oxygens (including phenoxy) is 2. The van der Waals surface area contributed by atoms with Crippen molar-refractivity contribution in [2.75, 3.05) is 17.7 Å². The number of benzene rings is 1. The molecule has 8 nitrogen and oxygen atoms in total. The highest BCUT2D eigenvalue weighted by Crippen LogP contribution is 2.39. The van der Waals surface area contributed by atoms with Gasteiger partial charge in [-0.25, -0.2) is 9.78 Å². The third-order valence-corrected chi connectivity index (χ3v) is 6.99. The lowest BCUT2D eigenvalue weighted by Crippen LogP contribution is -2.16. The predicted molar refractivity (Wildman–Crippen MR) is 124 cm³/mol. The van der Waals surface area contributed by atoms with Gasteiger partial charge in [0.25, 0.3) is 0 Å². The number of aryl methyl sites for hydroxylation is 1. The molecule has 1 amide bonds. The Labute approximate surface area is 198 Å². The highest BCUT2D eigenvalue weighted by molar-refractivity contribution is 7.99. The number of H-pyrrole nitrogens is 1. The molecule has 4 rings (SSSR count). The van der Waals surface area contributed by atoms with Crippen LogP contribution in [0.4, 0.5) is 5.00 Å². The van der Waals surface area contributed by atoms with Crippen molar-refractivity contribution in [3.05, 3.63) is 51.1 Å². The Morgan fingerprint density at radius 3 is 2.88 bits per heavy atom. The molecule has 3 aromatic rings. The predicted octanol–water partition coefficient (Wildman–Crippen LogP) is 4.49. The van der Waals surface area contributed by atoms with Gasteiger partial charge in [-0.3, -0.25) is 9.89 Å². The van der Waals surface area contributed by atoms with Gasteiger partial charge in [-0.2, -0.15) is 0 Å². The average molecular weight is 493 g/mol. The lowest BCUT2D eigenvalue weighted by Gasteiger charge is -2.07. The lowest BCUT2D eigenvalue weighted by molar-refractivity contribution is -0.113. The van der Waals surface area contributed by atoms with Crippen molar-refractivity contribution in [1.29, 1.82) is 0 Å². The Hall–Kier alpha value is -2.56. The summed E-state index contributed by atoms with van der Waals surface area (Å²) in [5.74, 6) is 0.709. The number of fused-ring (bicyclic) bond motifs is 1. The second-order valence-electron chi connectivity index (χ2n) is 6.93. The average Bonchev–Trinajstić information content (AvgIpc) is 3.48. The topological polar surface area (TPSA) is 106 Å². The van der Waals surface area contributed by atoms with Crippen LogP contribution in [0, 0.1) is 0 Å². The van der Waals surface area contributed by atoms with Gasteiger partial charge in [0.2, 0.25) is 11.1 Å². The minimum atomic E-state index is -0.380. The maximum atomic E-state index is 12.5. The summed E-state index contributed by atoms with van der Waals surface area (Å²) in [5, 5.41) is 11.4. The normalized spacial score (nSPS) is 12.4. The fraction of sp³-hybridized carbons (Fsp3) is 0.333. The molecule has 1 aliphatic carbocycles. The zero-order valence-electron chi connectivity index (χ0n) is 17.3. The Balaban J connectivity index is 1.31. The van der Waals surface area contributed by atoms with Crippen LogP contribution in [0.5, 0.6) is 5.75 Å². The molecule has 1 aromatic carbocycles. The Morgan fingerprint density at radius 2 is 2.09 bits per heavy atom. The number of esters is 1. The van der Waals surface area contributed by atoms with Crippen LogP contribution in [-0.4, -0.2) is 39.4 Å².